The molecule has 0 aliphatic carbocycles. The van der Waals surface area contributed by atoms with Crippen LogP contribution in [0.5, 0.6) is 0 Å². The van der Waals surface area contributed by atoms with Crippen molar-refractivity contribution in [3.63, 3.8) is 0 Å². The van der Waals surface area contributed by atoms with E-state index in [0.29, 0.717) is 12.5 Å². The van der Waals surface area contributed by atoms with E-state index in [1.54, 1.807) is 7.11 Å². The van der Waals surface area contributed by atoms with E-state index in [0.717, 1.165) is 37.2 Å². The molecule has 3 nitrogen and oxygen atoms in total. The molecule has 1 atom stereocenters. The molecule has 0 radical (unpaired) electrons. The molecule has 2 rings (SSSR count). The Bertz CT molecular complexity index is 345. The van der Waals surface area contributed by atoms with Gasteiger partial charge in [0, 0.05) is 20.3 Å². The Morgan fingerprint density at radius 2 is 2.06 bits per heavy atom. The number of hydrogen-bond donors (Lipinski definition) is 1. The highest BCUT2D eigenvalue weighted by Gasteiger charge is 2.24. The molecule has 1 aliphatic heterocycles. The lowest BCUT2D eigenvalue weighted by molar-refractivity contribution is 0.00631. The molecule has 17 heavy (non-hydrogen) atoms. The van der Waals surface area contributed by atoms with E-state index < -0.39 is 6.10 Å². The summed E-state index contributed by atoms with van der Waals surface area (Å²) in [6.07, 6.45) is 1.47. The van der Waals surface area contributed by atoms with Crippen LogP contribution in [0.2, 0.25) is 0 Å². The second-order valence-electron chi connectivity index (χ2n) is 4.53. The fourth-order valence-electron chi connectivity index (χ4n) is 2.40. The minimum atomic E-state index is -0.398. The zero-order chi connectivity index (χ0) is 12.1. The summed E-state index contributed by atoms with van der Waals surface area (Å²) in [4.78, 5) is 0. The molecule has 1 N–H and O–H groups in total. The van der Waals surface area contributed by atoms with E-state index in [9.17, 15) is 5.11 Å². The Balaban J connectivity index is 2.14. The van der Waals surface area contributed by atoms with Gasteiger partial charge in [0.05, 0.1) is 12.7 Å². The van der Waals surface area contributed by atoms with Gasteiger partial charge in [-0.2, -0.15) is 0 Å². The van der Waals surface area contributed by atoms with Crippen molar-refractivity contribution in [1.29, 1.82) is 0 Å². The second kappa shape index (κ2) is 6.15. The van der Waals surface area contributed by atoms with Crippen molar-refractivity contribution in [2.75, 3.05) is 20.3 Å². The predicted molar refractivity (Wildman–Crippen MR) is 65.7 cm³/mol. The first kappa shape index (κ1) is 12.6. The second-order valence-corrected chi connectivity index (χ2v) is 4.53. The van der Waals surface area contributed by atoms with Crippen LogP contribution in [0.25, 0.3) is 0 Å². The Hall–Kier alpha value is -0.900. The van der Waals surface area contributed by atoms with Crippen molar-refractivity contribution in [2.45, 2.75) is 25.6 Å². The number of methoxy groups -OCH3 is 1. The lowest BCUT2D eigenvalue weighted by Crippen LogP contribution is -2.22. The van der Waals surface area contributed by atoms with E-state index in [-0.39, 0.29) is 0 Å². The van der Waals surface area contributed by atoms with Crippen molar-refractivity contribution in [3.05, 3.63) is 35.4 Å². The molecule has 1 aliphatic rings. The summed E-state index contributed by atoms with van der Waals surface area (Å²) in [5, 5.41) is 10.4. The molecule has 0 bridgehead atoms. The standard InChI is InChI=1S/C14H20O3/c1-16-10-12-4-2-3-5-13(12)14(15)11-6-8-17-9-7-11/h2-5,11,14-15H,6-10H2,1H3. The smallest absolute Gasteiger partial charge is 0.0823 e. The molecule has 0 spiro atoms. The summed E-state index contributed by atoms with van der Waals surface area (Å²) in [5.74, 6) is 0.307. The molecule has 1 saturated heterocycles. The highest BCUT2D eigenvalue weighted by molar-refractivity contribution is 5.29. The van der Waals surface area contributed by atoms with Crippen LogP contribution in [-0.2, 0) is 16.1 Å². The van der Waals surface area contributed by atoms with Crippen molar-refractivity contribution in [2.24, 2.45) is 5.92 Å². The Morgan fingerprint density at radius 3 is 2.76 bits per heavy atom. The van der Waals surface area contributed by atoms with Crippen LogP contribution in [0.1, 0.15) is 30.1 Å². The summed E-state index contributed by atoms with van der Waals surface area (Å²) in [7, 11) is 1.68. The highest BCUT2D eigenvalue weighted by atomic mass is 16.5. The van der Waals surface area contributed by atoms with Gasteiger partial charge >= 0.3 is 0 Å². The average Bonchev–Trinajstić information content (AvgIpc) is 2.40. The normalized spacial score (nSPS) is 19.2. The zero-order valence-electron chi connectivity index (χ0n) is 10.3. The quantitative estimate of drug-likeness (QED) is 0.871. The summed E-state index contributed by atoms with van der Waals surface area (Å²) in [6.45, 7) is 2.07. The van der Waals surface area contributed by atoms with Crippen LogP contribution in [0.4, 0.5) is 0 Å². The largest absolute Gasteiger partial charge is 0.388 e. The molecule has 3 heteroatoms. The first-order chi connectivity index (χ1) is 8.33. The average molecular weight is 236 g/mol. The molecule has 1 heterocycles. The van der Waals surface area contributed by atoms with Crippen molar-refractivity contribution >= 4 is 0 Å². The van der Waals surface area contributed by atoms with Crippen molar-refractivity contribution in [1.82, 2.24) is 0 Å². The number of hydrogen-bond acceptors (Lipinski definition) is 3. The van der Waals surface area contributed by atoms with Gasteiger partial charge in [0.1, 0.15) is 0 Å². The van der Waals surface area contributed by atoms with Crippen LogP contribution < -0.4 is 0 Å². The van der Waals surface area contributed by atoms with Gasteiger partial charge in [-0.1, -0.05) is 24.3 Å². The van der Waals surface area contributed by atoms with Crippen molar-refractivity contribution < 1.29 is 14.6 Å². The first-order valence-electron chi connectivity index (χ1n) is 6.15. The lowest BCUT2D eigenvalue weighted by Gasteiger charge is -2.28. The molecule has 1 aromatic rings. The molecule has 1 unspecified atom stereocenters. The fraction of sp³-hybridized carbons (Fsp3) is 0.571. The maximum Gasteiger partial charge on any atom is 0.0823 e. The summed E-state index contributed by atoms with van der Waals surface area (Å²) < 4.78 is 10.5. The number of benzene rings is 1. The maximum atomic E-state index is 10.4. The molecule has 0 amide bonds. The monoisotopic (exact) mass is 236 g/mol. The minimum Gasteiger partial charge on any atom is -0.388 e. The van der Waals surface area contributed by atoms with E-state index in [1.807, 2.05) is 24.3 Å². The Labute approximate surface area is 102 Å². The third kappa shape index (κ3) is 3.06. The molecule has 0 saturated carbocycles. The molecule has 94 valence electrons. The van der Waals surface area contributed by atoms with Gasteiger partial charge in [0.25, 0.3) is 0 Å². The number of aliphatic hydroxyl groups excluding tert-OH is 1. The predicted octanol–water partition coefficient (Wildman–Crippen LogP) is 2.29. The zero-order valence-corrected chi connectivity index (χ0v) is 10.3. The number of aliphatic hydroxyl groups is 1. The summed E-state index contributed by atoms with van der Waals surface area (Å²) >= 11 is 0. The fourth-order valence-corrected chi connectivity index (χ4v) is 2.40. The van der Waals surface area contributed by atoms with Crippen LogP contribution in [0.15, 0.2) is 24.3 Å². The van der Waals surface area contributed by atoms with E-state index in [2.05, 4.69) is 0 Å². The van der Waals surface area contributed by atoms with Gasteiger partial charge in [-0.05, 0) is 29.9 Å². The maximum absolute atomic E-state index is 10.4. The Morgan fingerprint density at radius 1 is 1.35 bits per heavy atom. The SMILES string of the molecule is COCc1ccccc1C(O)C1CCOCC1. The van der Waals surface area contributed by atoms with Crippen LogP contribution >= 0.6 is 0 Å². The minimum absolute atomic E-state index is 0.307. The van der Waals surface area contributed by atoms with Gasteiger partial charge in [-0.25, -0.2) is 0 Å². The van der Waals surface area contributed by atoms with Crippen LogP contribution in [0, 0.1) is 5.92 Å². The molecular formula is C14H20O3. The van der Waals surface area contributed by atoms with E-state index >= 15 is 0 Å². The van der Waals surface area contributed by atoms with Gasteiger partial charge in [-0.3, -0.25) is 0 Å². The van der Waals surface area contributed by atoms with Gasteiger partial charge in [-0.15, -0.1) is 0 Å². The van der Waals surface area contributed by atoms with E-state index in [1.165, 1.54) is 0 Å². The Kier molecular flexibility index (Phi) is 4.54. The molecule has 0 aromatic heterocycles. The highest BCUT2D eigenvalue weighted by Crippen LogP contribution is 2.31. The first-order valence-corrected chi connectivity index (χ1v) is 6.15. The van der Waals surface area contributed by atoms with Crippen LogP contribution in [0.3, 0.4) is 0 Å². The number of ether oxygens (including phenoxy) is 2. The third-order valence-electron chi connectivity index (χ3n) is 3.39. The molecule has 1 aromatic carbocycles. The topological polar surface area (TPSA) is 38.7 Å². The number of rotatable bonds is 4. The summed E-state index contributed by atoms with van der Waals surface area (Å²) in [5.41, 5.74) is 2.08. The van der Waals surface area contributed by atoms with Gasteiger partial charge in [0.15, 0.2) is 0 Å². The third-order valence-corrected chi connectivity index (χ3v) is 3.39. The lowest BCUT2D eigenvalue weighted by atomic mass is 9.87. The van der Waals surface area contributed by atoms with Gasteiger partial charge < -0.3 is 14.6 Å². The van der Waals surface area contributed by atoms with Crippen LogP contribution in [-0.4, -0.2) is 25.4 Å². The summed E-state index contributed by atoms with van der Waals surface area (Å²) in [6, 6.07) is 7.96. The van der Waals surface area contributed by atoms with Crippen molar-refractivity contribution in [3.8, 4) is 0 Å². The van der Waals surface area contributed by atoms with E-state index in [4.69, 9.17) is 9.47 Å². The molecular weight excluding hydrogens is 216 g/mol. The molecule has 1 fully saturated rings. The van der Waals surface area contributed by atoms with Gasteiger partial charge in [0.2, 0.25) is 0 Å².